The van der Waals surface area contributed by atoms with Crippen molar-refractivity contribution in [2.75, 3.05) is 0 Å². The summed E-state index contributed by atoms with van der Waals surface area (Å²) in [7, 11) is 0. The predicted molar refractivity (Wildman–Crippen MR) is 83.3 cm³/mol. The van der Waals surface area contributed by atoms with E-state index in [2.05, 4.69) is 58.3 Å². The van der Waals surface area contributed by atoms with Crippen LogP contribution in [0.3, 0.4) is 0 Å². The number of aromatic amines is 1. The Balaban J connectivity index is 2.43. The summed E-state index contributed by atoms with van der Waals surface area (Å²) >= 11 is 2.06. The van der Waals surface area contributed by atoms with E-state index in [1.54, 1.807) is 6.20 Å². The molecule has 0 aliphatic carbocycles. The largest absolute Gasteiger partial charge is 0.309 e. The molecule has 0 aliphatic rings. The molecule has 0 saturated heterocycles. The van der Waals surface area contributed by atoms with Crippen molar-refractivity contribution >= 4 is 22.6 Å². The van der Waals surface area contributed by atoms with E-state index in [1.165, 1.54) is 0 Å². The third-order valence-electron chi connectivity index (χ3n) is 2.70. The molecule has 0 radical (unpaired) electrons. The quantitative estimate of drug-likeness (QED) is 0.829. The summed E-state index contributed by atoms with van der Waals surface area (Å²) in [6.07, 6.45) is 2.28. The van der Waals surface area contributed by atoms with Gasteiger partial charge in [-0.25, -0.2) is 4.98 Å². The average Bonchev–Trinajstić information content (AvgIpc) is 2.33. The zero-order valence-corrected chi connectivity index (χ0v) is 13.4. The zero-order valence-electron chi connectivity index (χ0n) is 11.2. The molecule has 0 fully saturated rings. The molecule has 2 aromatic rings. The number of aromatic nitrogens is 3. The molecule has 19 heavy (non-hydrogen) atoms. The zero-order chi connectivity index (χ0) is 14.0. The van der Waals surface area contributed by atoms with E-state index in [1.807, 2.05) is 18.2 Å². The van der Waals surface area contributed by atoms with Crippen molar-refractivity contribution in [1.82, 2.24) is 15.0 Å². The standard InChI is InChI=1S/C14H16IN3O/c1-14(2,3)12-11(15)13(19)18-10(17-12)8-9-6-4-5-7-16-9/h4-7H,8H2,1-3H3,(H,17,18,19). The second-order valence-electron chi connectivity index (χ2n) is 5.42. The third kappa shape index (κ3) is 3.40. The molecule has 0 spiro atoms. The van der Waals surface area contributed by atoms with Gasteiger partial charge in [0, 0.05) is 23.7 Å². The summed E-state index contributed by atoms with van der Waals surface area (Å²) in [5.74, 6) is 0.661. The van der Waals surface area contributed by atoms with Crippen LogP contribution in [0.5, 0.6) is 0 Å². The number of H-pyrrole nitrogens is 1. The van der Waals surface area contributed by atoms with Crippen molar-refractivity contribution in [3.8, 4) is 0 Å². The van der Waals surface area contributed by atoms with Crippen LogP contribution in [0.15, 0.2) is 29.2 Å². The summed E-state index contributed by atoms with van der Waals surface area (Å²) < 4.78 is 0.662. The van der Waals surface area contributed by atoms with Gasteiger partial charge in [0.05, 0.1) is 5.69 Å². The second kappa shape index (κ2) is 5.40. The van der Waals surface area contributed by atoms with E-state index >= 15 is 0 Å². The first-order valence-corrected chi connectivity index (χ1v) is 7.15. The minimum atomic E-state index is -0.149. The molecule has 0 atom stereocenters. The van der Waals surface area contributed by atoms with Gasteiger partial charge in [-0.2, -0.15) is 0 Å². The Morgan fingerprint density at radius 1 is 1.32 bits per heavy atom. The second-order valence-corrected chi connectivity index (χ2v) is 6.50. The molecule has 0 saturated carbocycles. The highest BCUT2D eigenvalue weighted by Crippen LogP contribution is 2.23. The highest BCUT2D eigenvalue weighted by molar-refractivity contribution is 14.1. The lowest BCUT2D eigenvalue weighted by Gasteiger charge is -2.19. The number of nitrogens with zero attached hydrogens (tertiary/aromatic N) is 2. The minimum Gasteiger partial charge on any atom is -0.309 e. The maximum atomic E-state index is 12.0. The SMILES string of the molecule is CC(C)(C)c1nc(Cc2ccccn2)[nH]c(=O)c1I. The van der Waals surface area contributed by atoms with Crippen molar-refractivity contribution in [3.05, 3.63) is 55.5 Å². The smallest absolute Gasteiger partial charge is 0.264 e. The van der Waals surface area contributed by atoms with Crippen molar-refractivity contribution in [2.24, 2.45) is 0 Å². The molecule has 2 aromatic heterocycles. The molecule has 100 valence electrons. The summed E-state index contributed by atoms with van der Waals surface area (Å²) in [5.41, 5.74) is 1.50. The first-order chi connectivity index (χ1) is 8.88. The normalized spacial score (nSPS) is 11.6. The van der Waals surface area contributed by atoms with Gasteiger partial charge in [-0.1, -0.05) is 26.8 Å². The minimum absolute atomic E-state index is 0.0774. The maximum Gasteiger partial charge on any atom is 0.264 e. The number of nitrogens with one attached hydrogen (secondary N) is 1. The Bertz CT molecular complexity index is 629. The third-order valence-corrected chi connectivity index (χ3v) is 3.70. The lowest BCUT2D eigenvalue weighted by molar-refractivity contribution is 0.556. The fourth-order valence-electron chi connectivity index (χ4n) is 1.76. The van der Waals surface area contributed by atoms with Gasteiger partial charge in [0.1, 0.15) is 9.39 Å². The molecule has 1 N–H and O–H groups in total. The van der Waals surface area contributed by atoms with Crippen LogP contribution in [0.1, 0.15) is 38.0 Å². The van der Waals surface area contributed by atoms with Gasteiger partial charge in [0.15, 0.2) is 0 Å². The van der Waals surface area contributed by atoms with Crippen molar-refractivity contribution in [2.45, 2.75) is 32.6 Å². The van der Waals surface area contributed by atoms with Crippen LogP contribution in [0.25, 0.3) is 0 Å². The van der Waals surface area contributed by atoms with Gasteiger partial charge < -0.3 is 4.98 Å². The van der Waals surface area contributed by atoms with E-state index < -0.39 is 0 Å². The van der Waals surface area contributed by atoms with Crippen LogP contribution in [-0.2, 0) is 11.8 Å². The first kappa shape index (κ1) is 14.2. The highest BCUT2D eigenvalue weighted by atomic mass is 127. The Hall–Kier alpha value is -1.24. The summed E-state index contributed by atoms with van der Waals surface area (Å²) in [4.78, 5) is 23.6. The molecule has 0 amide bonds. The van der Waals surface area contributed by atoms with Crippen LogP contribution in [0.4, 0.5) is 0 Å². The van der Waals surface area contributed by atoms with Gasteiger partial charge >= 0.3 is 0 Å². The Morgan fingerprint density at radius 2 is 2.05 bits per heavy atom. The van der Waals surface area contributed by atoms with Crippen LogP contribution < -0.4 is 5.56 Å². The van der Waals surface area contributed by atoms with Gasteiger partial charge in [0.2, 0.25) is 0 Å². The van der Waals surface area contributed by atoms with Gasteiger partial charge in [-0.15, -0.1) is 0 Å². The van der Waals surface area contributed by atoms with E-state index in [0.717, 1.165) is 11.4 Å². The molecule has 2 rings (SSSR count). The number of halogens is 1. The predicted octanol–water partition coefficient (Wildman–Crippen LogP) is 2.66. The highest BCUT2D eigenvalue weighted by Gasteiger charge is 2.21. The van der Waals surface area contributed by atoms with Crippen LogP contribution in [-0.4, -0.2) is 15.0 Å². The lowest BCUT2D eigenvalue weighted by Crippen LogP contribution is -2.25. The number of pyridine rings is 1. The first-order valence-electron chi connectivity index (χ1n) is 6.07. The van der Waals surface area contributed by atoms with E-state index in [0.29, 0.717) is 15.8 Å². The van der Waals surface area contributed by atoms with Gasteiger partial charge in [-0.3, -0.25) is 9.78 Å². The van der Waals surface area contributed by atoms with Gasteiger partial charge in [-0.05, 0) is 34.7 Å². The van der Waals surface area contributed by atoms with Crippen molar-refractivity contribution in [1.29, 1.82) is 0 Å². The average molecular weight is 369 g/mol. The van der Waals surface area contributed by atoms with E-state index in [-0.39, 0.29) is 11.0 Å². The topological polar surface area (TPSA) is 58.6 Å². The van der Waals surface area contributed by atoms with Crippen molar-refractivity contribution in [3.63, 3.8) is 0 Å². The van der Waals surface area contributed by atoms with Crippen LogP contribution in [0.2, 0.25) is 0 Å². The molecule has 4 nitrogen and oxygen atoms in total. The molecular weight excluding hydrogens is 353 g/mol. The molecule has 2 heterocycles. The van der Waals surface area contributed by atoms with Gasteiger partial charge in [0.25, 0.3) is 5.56 Å². The van der Waals surface area contributed by atoms with Crippen LogP contribution >= 0.6 is 22.6 Å². The molecular formula is C14H16IN3O. The summed E-state index contributed by atoms with van der Waals surface area (Å²) in [6, 6.07) is 5.72. The van der Waals surface area contributed by atoms with E-state index in [9.17, 15) is 4.79 Å². The monoisotopic (exact) mass is 369 g/mol. The molecule has 5 heteroatoms. The fraction of sp³-hybridized carbons (Fsp3) is 0.357. The van der Waals surface area contributed by atoms with Crippen LogP contribution in [0, 0.1) is 3.57 Å². The van der Waals surface area contributed by atoms with E-state index in [4.69, 9.17) is 0 Å². The number of rotatable bonds is 2. The Morgan fingerprint density at radius 3 is 2.63 bits per heavy atom. The molecule has 0 aliphatic heterocycles. The summed E-state index contributed by atoms with van der Waals surface area (Å²) in [6.45, 7) is 6.17. The molecule has 0 bridgehead atoms. The van der Waals surface area contributed by atoms with Crippen molar-refractivity contribution < 1.29 is 0 Å². The lowest BCUT2D eigenvalue weighted by atomic mass is 9.92. The number of hydrogen-bond donors (Lipinski definition) is 1. The maximum absolute atomic E-state index is 12.0. The Kier molecular flexibility index (Phi) is 4.03. The Labute approximate surface area is 125 Å². The molecule has 0 aromatic carbocycles. The fourth-order valence-corrected chi connectivity index (χ4v) is 2.82. The summed E-state index contributed by atoms with van der Waals surface area (Å²) in [5, 5.41) is 0. The molecule has 0 unspecified atom stereocenters. The number of hydrogen-bond acceptors (Lipinski definition) is 3.